The Kier molecular flexibility index (Phi) is 3.30. The monoisotopic (exact) mass is 311 g/mol. The number of aromatic nitrogens is 2. The van der Waals surface area contributed by atoms with E-state index in [-0.39, 0.29) is 23.0 Å². The van der Waals surface area contributed by atoms with Gasteiger partial charge in [0.1, 0.15) is 11.3 Å². The van der Waals surface area contributed by atoms with Gasteiger partial charge in [0.15, 0.2) is 29.0 Å². The molecule has 0 spiro atoms. The molecule has 23 heavy (non-hydrogen) atoms. The van der Waals surface area contributed by atoms with Gasteiger partial charge < -0.3 is 27.4 Å². The second-order valence-corrected chi connectivity index (χ2v) is 4.68. The van der Waals surface area contributed by atoms with Crippen molar-refractivity contribution in [2.45, 2.75) is 0 Å². The minimum atomic E-state index is -0.813. The molecule has 3 aromatic rings. The lowest BCUT2D eigenvalue weighted by atomic mass is 10.2. The third-order valence-corrected chi connectivity index (χ3v) is 3.04. The normalized spacial score (nSPS) is 10.6. The summed E-state index contributed by atoms with van der Waals surface area (Å²) in [6.07, 6.45) is 0. The van der Waals surface area contributed by atoms with E-state index in [1.165, 1.54) is 0 Å². The molecule has 1 aromatic carbocycles. The predicted molar refractivity (Wildman–Crippen MR) is 86.2 cm³/mol. The summed E-state index contributed by atoms with van der Waals surface area (Å²) in [7, 11) is 0. The first-order valence-corrected chi connectivity index (χ1v) is 6.51. The smallest absolute Gasteiger partial charge is 0.302 e. The van der Waals surface area contributed by atoms with Crippen LogP contribution in [0.15, 0.2) is 39.7 Å². The molecule has 9 nitrogen and oxygen atoms in total. The van der Waals surface area contributed by atoms with Gasteiger partial charge in [-0.05, 0) is 12.1 Å². The van der Waals surface area contributed by atoms with Gasteiger partial charge in [-0.15, -0.1) is 0 Å². The number of nitrogens with two attached hydrogens (primary N) is 4. The number of carbonyl (C=O) groups is 1. The number of hydrogen-bond acceptors (Lipinski definition) is 6. The van der Waals surface area contributed by atoms with Crippen molar-refractivity contribution in [2.24, 2.45) is 16.5 Å². The summed E-state index contributed by atoms with van der Waals surface area (Å²) in [4.78, 5) is 23.4. The molecule has 0 aliphatic heterocycles. The highest BCUT2D eigenvalue weighted by atomic mass is 16.3. The topological polar surface area (TPSA) is 172 Å². The fourth-order valence-electron chi connectivity index (χ4n) is 2.07. The van der Waals surface area contributed by atoms with Gasteiger partial charge in [-0.3, -0.25) is 4.79 Å². The van der Waals surface area contributed by atoms with E-state index in [4.69, 9.17) is 27.4 Å². The molecule has 0 saturated heterocycles. The zero-order valence-corrected chi connectivity index (χ0v) is 11.9. The van der Waals surface area contributed by atoms with Crippen LogP contribution >= 0.6 is 0 Å². The number of benzene rings is 1. The molecule has 1 amide bonds. The summed E-state index contributed by atoms with van der Waals surface area (Å²) in [5.41, 5.74) is 22.5. The Morgan fingerprint density at radius 3 is 2.52 bits per heavy atom. The maximum Gasteiger partial charge on any atom is 0.302 e. The maximum atomic E-state index is 11.9. The third-order valence-electron chi connectivity index (χ3n) is 3.04. The number of amides is 1. The van der Waals surface area contributed by atoms with Gasteiger partial charge >= 0.3 is 5.91 Å². The number of aliphatic imine (C=N–C) groups is 1. The minimum absolute atomic E-state index is 0.0304. The lowest BCUT2D eigenvalue weighted by Crippen LogP contribution is -2.25. The van der Waals surface area contributed by atoms with Crippen molar-refractivity contribution in [3.8, 4) is 11.5 Å². The molecule has 2 heterocycles. The number of rotatable bonds is 2. The van der Waals surface area contributed by atoms with E-state index in [1.54, 1.807) is 12.1 Å². The van der Waals surface area contributed by atoms with Crippen LogP contribution in [0, 0.1) is 0 Å². The van der Waals surface area contributed by atoms with Crippen LogP contribution in [-0.2, 0) is 0 Å². The summed E-state index contributed by atoms with van der Waals surface area (Å²) >= 11 is 0. The van der Waals surface area contributed by atoms with E-state index >= 15 is 0 Å². The molecule has 0 aliphatic rings. The quantitative estimate of drug-likeness (QED) is 0.390. The fraction of sp³-hybridized carbons (Fsp3) is 0. The van der Waals surface area contributed by atoms with Crippen LogP contribution in [0.25, 0.3) is 22.4 Å². The number of furan rings is 1. The van der Waals surface area contributed by atoms with Crippen LogP contribution in [-0.4, -0.2) is 21.8 Å². The Morgan fingerprint density at radius 1 is 1.09 bits per heavy atom. The predicted octanol–water partition coefficient (Wildman–Crippen LogP) is 0.468. The molecule has 2 aromatic heterocycles. The number of fused-ring (bicyclic) bond motifs is 1. The van der Waals surface area contributed by atoms with Gasteiger partial charge in [0.25, 0.3) is 0 Å². The molecule has 0 unspecified atom stereocenters. The number of anilines is 2. The average Bonchev–Trinajstić information content (AvgIpc) is 2.89. The Morgan fingerprint density at radius 2 is 1.83 bits per heavy atom. The average molecular weight is 311 g/mol. The van der Waals surface area contributed by atoms with Crippen LogP contribution in [0.1, 0.15) is 10.5 Å². The third kappa shape index (κ3) is 2.62. The zero-order valence-electron chi connectivity index (χ0n) is 11.9. The molecule has 116 valence electrons. The summed E-state index contributed by atoms with van der Waals surface area (Å²) in [5.74, 6) is -0.999. The Bertz CT molecular complexity index is 908. The molecular weight excluding hydrogens is 298 g/mol. The highest BCUT2D eigenvalue weighted by Gasteiger charge is 2.19. The largest absolute Gasteiger partial charge is 0.454 e. The van der Waals surface area contributed by atoms with Crippen molar-refractivity contribution < 1.29 is 9.21 Å². The van der Waals surface area contributed by atoms with Crippen molar-refractivity contribution in [1.82, 2.24) is 9.97 Å². The molecule has 0 radical (unpaired) electrons. The first-order chi connectivity index (χ1) is 11.0. The number of hydrogen-bond donors (Lipinski definition) is 4. The second kappa shape index (κ2) is 5.30. The highest BCUT2D eigenvalue weighted by molar-refractivity contribution is 6.03. The van der Waals surface area contributed by atoms with Crippen LogP contribution in [0.5, 0.6) is 0 Å². The fourth-order valence-corrected chi connectivity index (χ4v) is 2.07. The van der Waals surface area contributed by atoms with Crippen LogP contribution in [0.4, 0.5) is 11.6 Å². The first kappa shape index (κ1) is 14.3. The number of guanidine groups is 1. The van der Waals surface area contributed by atoms with E-state index < -0.39 is 11.9 Å². The van der Waals surface area contributed by atoms with Gasteiger partial charge in [0, 0.05) is 5.39 Å². The van der Waals surface area contributed by atoms with E-state index in [0.29, 0.717) is 11.3 Å². The van der Waals surface area contributed by atoms with E-state index in [1.807, 2.05) is 18.2 Å². The SMILES string of the molecule is NC(N)=NC(=O)c1nc(-c2cc3ccccc3o2)c(N)nc1N. The van der Waals surface area contributed by atoms with Crippen molar-refractivity contribution in [3.63, 3.8) is 0 Å². The van der Waals surface area contributed by atoms with Crippen molar-refractivity contribution in [1.29, 1.82) is 0 Å². The van der Waals surface area contributed by atoms with Crippen molar-refractivity contribution in [2.75, 3.05) is 11.5 Å². The number of nitrogen functional groups attached to an aromatic ring is 2. The van der Waals surface area contributed by atoms with Gasteiger partial charge in [0.05, 0.1) is 0 Å². The van der Waals surface area contributed by atoms with Gasteiger partial charge in [-0.25, -0.2) is 9.97 Å². The lowest BCUT2D eigenvalue weighted by Gasteiger charge is -2.05. The molecular formula is C14H13N7O2. The van der Waals surface area contributed by atoms with E-state index in [0.717, 1.165) is 5.39 Å². The van der Waals surface area contributed by atoms with Crippen LogP contribution < -0.4 is 22.9 Å². The minimum Gasteiger partial charge on any atom is -0.454 e. The molecule has 0 aliphatic carbocycles. The summed E-state index contributed by atoms with van der Waals surface area (Å²) in [5, 5.41) is 0.859. The van der Waals surface area contributed by atoms with Gasteiger partial charge in [-0.2, -0.15) is 4.99 Å². The van der Waals surface area contributed by atoms with E-state index in [2.05, 4.69) is 15.0 Å². The lowest BCUT2D eigenvalue weighted by molar-refractivity contribution is 0.0999. The summed E-state index contributed by atoms with van der Waals surface area (Å²) in [6.45, 7) is 0. The molecule has 0 saturated carbocycles. The standard InChI is InChI=1S/C14H13N7O2/c15-11-9(8-5-6-3-1-2-4-7(6)23-8)19-10(12(16)20-11)13(22)21-14(17)18/h1-5H,(H4,15,16,20)(H4,17,18,21,22). The molecule has 0 bridgehead atoms. The van der Waals surface area contributed by atoms with Gasteiger partial charge in [-0.1, -0.05) is 18.2 Å². The van der Waals surface area contributed by atoms with Crippen LogP contribution in [0.3, 0.4) is 0 Å². The molecule has 9 heteroatoms. The Balaban J connectivity index is 2.15. The number of nitrogens with zero attached hydrogens (tertiary/aromatic N) is 3. The number of carbonyl (C=O) groups excluding carboxylic acids is 1. The van der Waals surface area contributed by atoms with E-state index in [9.17, 15) is 4.79 Å². The Labute approximate surface area is 130 Å². The maximum absolute atomic E-state index is 11.9. The second-order valence-electron chi connectivity index (χ2n) is 4.68. The molecule has 0 atom stereocenters. The highest BCUT2D eigenvalue weighted by Crippen LogP contribution is 2.30. The van der Waals surface area contributed by atoms with Crippen molar-refractivity contribution >= 4 is 34.5 Å². The summed E-state index contributed by atoms with van der Waals surface area (Å²) in [6, 6.07) is 9.11. The molecule has 3 rings (SSSR count). The van der Waals surface area contributed by atoms with Crippen molar-refractivity contribution in [3.05, 3.63) is 36.0 Å². The van der Waals surface area contributed by atoms with Crippen LogP contribution in [0.2, 0.25) is 0 Å². The molecule has 8 N–H and O–H groups in total. The summed E-state index contributed by atoms with van der Waals surface area (Å²) < 4.78 is 5.67. The first-order valence-electron chi connectivity index (χ1n) is 6.51. The Hall–Kier alpha value is -3.62. The molecule has 0 fully saturated rings. The number of para-hydroxylation sites is 1. The van der Waals surface area contributed by atoms with Gasteiger partial charge in [0.2, 0.25) is 0 Å². The zero-order chi connectivity index (χ0) is 16.6.